The van der Waals surface area contributed by atoms with Gasteiger partial charge in [-0.2, -0.15) is 0 Å². The first-order valence-corrected chi connectivity index (χ1v) is 7.63. The molecule has 1 amide bonds. The summed E-state index contributed by atoms with van der Waals surface area (Å²) in [5.74, 6) is 1.29. The third kappa shape index (κ3) is 2.54. The maximum atomic E-state index is 11.7. The van der Waals surface area contributed by atoms with E-state index in [-0.39, 0.29) is 17.9 Å². The minimum absolute atomic E-state index is 0.00322. The molecule has 22 heavy (non-hydrogen) atoms. The van der Waals surface area contributed by atoms with Gasteiger partial charge in [0, 0.05) is 35.9 Å². The minimum Gasteiger partial charge on any atom is -0.487 e. The molecule has 1 fully saturated rings. The van der Waals surface area contributed by atoms with Crippen LogP contribution >= 0.6 is 0 Å². The summed E-state index contributed by atoms with van der Waals surface area (Å²) < 4.78 is 6.07. The van der Waals surface area contributed by atoms with E-state index in [2.05, 4.69) is 21.4 Å². The number of benzene rings is 1. The third-order valence-electron chi connectivity index (χ3n) is 4.15. The Kier molecular flexibility index (Phi) is 3.25. The van der Waals surface area contributed by atoms with Gasteiger partial charge in [-0.1, -0.05) is 18.2 Å². The molecule has 0 radical (unpaired) electrons. The fourth-order valence-corrected chi connectivity index (χ4v) is 2.82. The molecule has 0 spiro atoms. The molecule has 2 heterocycles. The average molecular weight is 295 g/mol. The third-order valence-corrected chi connectivity index (χ3v) is 4.15. The molecule has 1 unspecified atom stereocenters. The Labute approximate surface area is 128 Å². The molecule has 2 aromatic rings. The highest BCUT2D eigenvalue weighted by molar-refractivity contribution is 5.80. The number of rotatable bonds is 4. The van der Waals surface area contributed by atoms with Crippen molar-refractivity contribution in [2.75, 3.05) is 6.54 Å². The summed E-state index contributed by atoms with van der Waals surface area (Å²) in [4.78, 5) is 19.9. The van der Waals surface area contributed by atoms with Crippen molar-refractivity contribution in [3.8, 4) is 16.9 Å². The number of para-hydroxylation sites is 1. The summed E-state index contributed by atoms with van der Waals surface area (Å²) in [7, 11) is 0. The Balaban J connectivity index is 1.50. The van der Waals surface area contributed by atoms with Crippen molar-refractivity contribution in [1.82, 2.24) is 15.3 Å². The monoisotopic (exact) mass is 295 g/mol. The normalized spacial score (nSPS) is 19.4. The molecule has 5 nitrogen and oxygen atoms in total. The topological polar surface area (TPSA) is 64.1 Å². The molecule has 1 atom stereocenters. The summed E-state index contributed by atoms with van der Waals surface area (Å²) in [6.45, 7) is 0.564. The van der Waals surface area contributed by atoms with Gasteiger partial charge in [0.2, 0.25) is 5.91 Å². The molecule has 2 aliphatic rings. The van der Waals surface area contributed by atoms with Crippen molar-refractivity contribution in [1.29, 1.82) is 0 Å². The Morgan fingerprint density at radius 1 is 1.27 bits per heavy atom. The number of fused-ring (bicyclic) bond motifs is 1. The molecule has 1 aromatic carbocycles. The zero-order valence-corrected chi connectivity index (χ0v) is 12.2. The number of aromatic nitrogens is 2. The summed E-state index contributed by atoms with van der Waals surface area (Å²) in [5.41, 5.74) is 3.13. The van der Waals surface area contributed by atoms with Crippen LogP contribution < -0.4 is 10.1 Å². The van der Waals surface area contributed by atoms with Gasteiger partial charge in [-0.15, -0.1) is 0 Å². The highest BCUT2D eigenvalue weighted by atomic mass is 16.5. The molecule has 1 aliphatic carbocycles. The van der Waals surface area contributed by atoms with Crippen molar-refractivity contribution in [3.63, 3.8) is 0 Å². The zero-order chi connectivity index (χ0) is 14.9. The lowest BCUT2D eigenvalue weighted by Gasteiger charge is -2.13. The second-order valence-electron chi connectivity index (χ2n) is 5.88. The second-order valence-corrected chi connectivity index (χ2v) is 5.88. The van der Waals surface area contributed by atoms with Crippen molar-refractivity contribution in [2.45, 2.75) is 25.4 Å². The van der Waals surface area contributed by atoms with Crippen molar-refractivity contribution in [3.05, 3.63) is 42.5 Å². The Bertz CT molecular complexity index is 698. The van der Waals surface area contributed by atoms with E-state index < -0.39 is 0 Å². The lowest BCUT2D eigenvalue weighted by atomic mass is 10.0. The van der Waals surface area contributed by atoms with Crippen LogP contribution in [-0.2, 0) is 11.2 Å². The van der Waals surface area contributed by atoms with Crippen LogP contribution in [0.5, 0.6) is 5.75 Å². The van der Waals surface area contributed by atoms with Crippen LogP contribution in [0.1, 0.15) is 18.4 Å². The number of ether oxygens (including phenoxy) is 1. The molecule has 1 N–H and O–H groups in total. The number of hydrogen-bond acceptors (Lipinski definition) is 4. The molecule has 1 saturated carbocycles. The molecule has 0 saturated heterocycles. The predicted molar refractivity (Wildman–Crippen MR) is 81.3 cm³/mol. The van der Waals surface area contributed by atoms with Gasteiger partial charge in [0.1, 0.15) is 18.2 Å². The van der Waals surface area contributed by atoms with Gasteiger partial charge in [0.05, 0.1) is 6.54 Å². The predicted octanol–water partition coefficient (Wildman–Crippen LogP) is 1.97. The van der Waals surface area contributed by atoms with Crippen LogP contribution in [0.2, 0.25) is 0 Å². The van der Waals surface area contributed by atoms with Gasteiger partial charge < -0.3 is 10.1 Å². The van der Waals surface area contributed by atoms with E-state index in [0.717, 1.165) is 36.1 Å². The van der Waals surface area contributed by atoms with Crippen molar-refractivity contribution >= 4 is 5.91 Å². The summed E-state index contributed by atoms with van der Waals surface area (Å²) in [6.07, 6.45) is 7.96. The van der Waals surface area contributed by atoms with Crippen LogP contribution in [0.15, 0.2) is 36.9 Å². The van der Waals surface area contributed by atoms with Gasteiger partial charge in [-0.25, -0.2) is 9.97 Å². The first-order valence-electron chi connectivity index (χ1n) is 7.63. The maximum absolute atomic E-state index is 11.7. The average Bonchev–Trinajstić information content (AvgIpc) is 3.32. The highest BCUT2D eigenvalue weighted by Gasteiger charge is 2.31. The smallest absolute Gasteiger partial charge is 0.223 e. The zero-order valence-electron chi connectivity index (χ0n) is 12.2. The van der Waals surface area contributed by atoms with Gasteiger partial charge in [0.15, 0.2) is 0 Å². The van der Waals surface area contributed by atoms with Crippen LogP contribution in [0.3, 0.4) is 0 Å². The van der Waals surface area contributed by atoms with Gasteiger partial charge in [0.25, 0.3) is 0 Å². The Morgan fingerprint density at radius 2 is 2.09 bits per heavy atom. The van der Waals surface area contributed by atoms with E-state index in [1.54, 1.807) is 12.4 Å². The molecular weight excluding hydrogens is 278 g/mol. The van der Waals surface area contributed by atoms with Crippen LogP contribution in [0.25, 0.3) is 11.1 Å². The standard InChI is InChI=1S/C17H17N3O2/c21-17(11-4-5-11)20-9-14-6-12-2-1-3-15(16(12)22-14)13-7-18-10-19-8-13/h1-3,7-8,10-11,14H,4-6,9H2,(H,20,21). The number of nitrogens with one attached hydrogen (secondary N) is 1. The van der Waals surface area contributed by atoms with Gasteiger partial charge in [-0.05, 0) is 18.4 Å². The Morgan fingerprint density at radius 3 is 2.86 bits per heavy atom. The summed E-state index contributed by atoms with van der Waals surface area (Å²) >= 11 is 0. The van der Waals surface area contributed by atoms with E-state index in [1.165, 1.54) is 11.9 Å². The molecule has 5 heteroatoms. The molecular formula is C17H17N3O2. The highest BCUT2D eigenvalue weighted by Crippen LogP contribution is 2.38. The molecule has 112 valence electrons. The number of nitrogens with zero attached hydrogens (tertiary/aromatic N) is 2. The van der Waals surface area contributed by atoms with Gasteiger partial charge >= 0.3 is 0 Å². The quantitative estimate of drug-likeness (QED) is 0.936. The fourth-order valence-electron chi connectivity index (χ4n) is 2.82. The first-order chi connectivity index (χ1) is 10.8. The summed E-state index contributed by atoms with van der Waals surface area (Å²) in [5, 5.41) is 2.99. The van der Waals surface area contributed by atoms with E-state index in [0.29, 0.717) is 6.54 Å². The van der Waals surface area contributed by atoms with Crippen molar-refractivity contribution in [2.24, 2.45) is 5.92 Å². The van der Waals surface area contributed by atoms with E-state index in [1.807, 2.05) is 12.1 Å². The molecule has 1 aliphatic heterocycles. The Hall–Kier alpha value is -2.43. The van der Waals surface area contributed by atoms with Gasteiger partial charge in [-0.3, -0.25) is 4.79 Å². The lowest BCUT2D eigenvalue weighted by Crippen LogP contribution is -2.35. The molecule has 4 rings (SSSR count). The fraction of sp³-hybridized carbons (Fsp3) is 0.353. The summed E-state index contributed by atoms with van der Waals surface area (Å²) in [6, 6.07) is 6.11. The number of amides is 1. The lowest BCUT2D eigenvalue weighted by molar-refractivity contribution is -0.122. The van der Waals surface area contributed by atoms with E-state index in [4.69, 9.17) is 4.74 Å². The first kappa shape index (κ1) is 13.2. The van der Waals surface area contributed by atoms with Crippen LogP contribution in [0, 0.1) is 5.92 Å². The number of carbonyl (C=O) groups is 1. The second kappa shape index (κ2) is 5.40. The molecule has 1 aromatic heterocycles. The van der Waals surface area contributed by atoms with Crippen LogP contribution in [-0.4, -0.2) is 28.5 Å². The van der Waals surface area contributed by atoms with Crippen molar-refractivity contribution < 1.29 is 9.53 Å². The largest absolute Gasteiger partial charge is 0.487 e. The number of hydrogen-bond donors (Lipinski definition) is 1. The van der Waals surface area contributed by atoms with E-state index >= 15 is 0 Å². The number of carbonyl (C=O) groups excluding carboxylic acids is 1. The molecule has 0 bridgehead atoms. The van der Waals surface area contributed by atoms with Crippen LogP contribution in [0.4, 0.5) is 0 Å². The maximum Gasteiger partial charge on any atom is 0.223 e. The minimum atomic E-state index is 0.00322. The SMILES string of the molecule is O=C(NCC1Cc2cccc(-c3cncnc3)c2O1)C1CC1. The van der Waals surface area contributed by atoms with E-state index in [9.17, 15) is 4.79 Å².